The highest BCUT2D eigenvalue weighted by atomic mass is 32.2. The number of rotatable bonds is 6. The van der Waals surface area contributed by atoms with Crippen LogP contribution in [0.3, 0.4) is 0 Å². The van der Waals surface area contributed by atoms with E-state index in [0.717, 1.165) is 60.6 Å². The van der Waals surface area contributed by atoms with Crippen LogP contribution in [-0.2, 0) is 25.5 Å². The van der Waals surface area contributed by atoms with Gasteiger partial charge in [-0.25, -0.2) is 14.5 Å². The zero-order valence-corrected chi connectivity index (χ0v) is 16.7. The number of benzene rings is 1. The molecule has 0 aliphatic carbocycles. The maximum atomic E-state index is 11.8. The van der Waals surface area contributed by atoms with Crippen LogP contribution in [-0.4, -0.2) is 50.3 Å². The highest BCUT2D eigenvalue weighted by Gasteiger charge is 2.68. The first-order chi connectivity index (χ1) is 13.7. The molecule has 1 aromatic carbocycles. The van der Waals surface area contributed by atoms with E-state index in [9.17, 15) is 9.59 Å². The van der Waals surface area contributed by atoms with Crippen molar-refractivity contribution >= 4 is 35.4 Å². The van der Waals surface area contributed by atoms with Crippen molar-refractivity contribution < 1.29 is 19.1 Å². The van der Waals surface area contributed by atoms with Gasteiger partial charge in [0.05, 0.1) is 11.7 Å². The number of carbonyl (C=O) groups is 2. The maximum Gasteiger partial charge on any atom is 0.421 e. The monoisotopic (exact) mass is 417 g/mol. The third-order valence-corrected chi connectivity index (χ3v) is 7.37. The van der Waals surface area contributed by atoms with E-state index >= 15 is 0 Å². The van der Waals surface area contributed by atoms with Crippen LogP contribution >= 0.6 is 23.5 Å². The summed E-state index contributed by atoms with van der Waals surface area (Å²) in [6.07, 6.45) is 3.01. The summed E-state index contributed by atoms with van der Waals surface area (Å²) in [6, 6.07) is 10.4. The van der Waals surface area contributed by atoms with Crippen LogP contribution in [0.15, 0.2) is 35.4 Å². The molecular weight excluding hydrogens is 398 g/mol. The van der Waals surface area contributed by atoms with Crippen LogP contribution in [0.5, 0.6) is 0 Å². The van der Waals surface area contributed by atoms with E-state index in [1.807, 2.05) is 11.0 Å². The predicted octanol–water partition coefficient (Wildman–Crippen LogP) is 2.44. The molecule has 3 fully saturated rings. The molecule has 0 saturated carbocycles. The summed E-state index contributed by atoms with van der Waals surface area (Å²) in [5, 5.41) is 0.857. The Balaban J connectivity index is 1.31. The summed E-state index contributed by atoms with van der Waals surface area (Å²) in [5.74, 6) is -2.28. The fourth-order valence-corrected chi connectivity index (χ4v) is 6.09. The molecular formula is C19H19N3O4S2. The summed E-state index contributed by atoms with van der Waals surface area (Å²) in [7, 11) is 0. The SMILES string of the molecule is O=C1OC2(OC1=O)C(c1nsnc1SCCCc1ccccc1)C1CCN2C1. The van der Waals surface area contributed by atoms with Gasteiger partial charge in [0.15, 0.2) is 0 Å². The molecule has 4 heterocycles. The molecule has 28 heavy (non-hydrogen) atoms. The van der Waals surface area contributed by atoms with E-state index < -0.39 is 17.8 Å². The van der Waals surface area contributed by atoms with Crippen molar-refractivity contribution in [3.63, 3.8) is 0 Å². The number of aromatic nitrogens is 2. The summed E-state index contributed by atoms with van der Waals surface area (Å²) in [6.45, 7) is 1.49. The number of nitrogens with zero attached hydrogens (tertiary/aromatic N) is 3. The Morgan fingerprint density at radius 2 is 1.96 bits per heavy atom. The second-order valence-corrected chi connectivity index (χ2v) is 8.89. The van der Waals surface area contributed by atoms with Crippen molar-refractivity contribution in [2.75, 3.05) is 18.8 Å². The molecule has 3 atom stereocenters. The van der Waals surface area contributed by atoms with Crippen molar-refractivity contribution in [3.05, 3.63) is 41.6 Å². The Bertz CT molecular complexity index is 888. The second-order valence-electron chi connectivity index (χ2n) is 7.27. The average molecular weight is 418 g/mol. The van der Waals surface area contributed by atoms with Gasteiger partial charge in [0.25, 0.3) is 0 Å². The van der Waals surface area contributed by atoms with E-state index in [4.69, 9.17) is 9.47 Å². The lowest BCUT2D eigenvalue weighted by molar-refractivity contribution is -0.249. The van der Waals surface area contributed by atoms with Crippen molar-refractivity contribution in [2.45, 2.75) is 36.1 Å². The number of hydrogen-bond acceptors (Lipinski definition) is 9. The number of piperidine rings is 1. The molecule has 2 aromatic rings. The lowest BCUT2D eigenvalue weighted by atomic mass is 9.87. The van der Waals surface area contributed by atoms with Crippen LogP contribution in [0.4, 0.5) is 0 Å². The lowest BCUT2D eigenvalue weighted by Gasteiger charge is -2.37. The van der Waals surface area contributed by atoms with Crippen LogP contribution in [0.25, 0.3) is 0 Å². The molecule has 3 saturated heterocycles. The Kier molecular flexibility index (Phi) is 4.60. The van der Waals surface area contributed by atoms with E-state index in [0.29, 0.717) is 0 Å². The first-order valence-corrected chi connectivity index (χ1v) is 11.1. The number of aryl methyl sites for hydroxylation is 1. The van der Waals surface area contributed by atoms with Gasteiger partial charge in [0, 0.05) is 13.1 Å². The Labute approximate surface area is 170 Å². The Hall–Kier alpha value is -1.97. The molecule has 0 amide bonds. The summed E-state index contributed by atoms with van der Waals surface area (Å²) >= 11 is 2.83. The molecule has 1 aromatic heterocycles. The van der Waals surface area contributed by atoms with Gasteiger partial charge in [-0.2, -0.15) is 8.75 Å². The normalized spacial score (nSPS) is 27.4. The number of esters is 2. The molecule has 1 spiro atoms. The van der Waals surface area contributed by atoms with Gasteiger partial charge in [0.1, 0.15) is 16.6 Å². The van der Waals surface area contributed by atoms with Gasteiger partial charge in [-0.05, 0) is 36.5 Å². The van der Waals surface area contributed by atoms with Crippen LogP contribution in [0, 0.1) is 5.92 Å². The van der Waals surface area contributed by atoms with Gasteiger partial charge in [-0.1, -0.05) is 30.3 Å². The fourth-order valence-electron chi connectivity index (χ4n) is 4.43. The molecule has 3 unspecified atom stereocenters. The minimum Gasteiger partial charge on any atom is -0.399 e. The summed E-state index contributed by atoms with van der Waals surface area (Å²) < 4.78 is 19.9. The van der Waals surface area contributed by atoms with E-state index in [1.165, 1.54) is 5.56 Å². The summed E-state index contributed by atoms with van der Waals surface area (Å²) in [4.78, 5) is 25.5. The van der Waals surface area contributed by atoms with Gasteiger partial charge in [-0.15, -0.1) is 11.8 Å². The third-order valence-electron chi connectivity index (χ3n) is 5.64. The van der Waals surface area contributed by atoms with Gasteiger partial charge < -0.3 is 9.47 Å². The van der Waals surface area contributed by atoms with E-state index in [2.05, 4.69) is 33.0 Å². The van der Waals surface area contributed by atoms with Crippen LogP contribution in [0.2, 0.25) is 0 Å². The lowest BCUT2D eigenvalue weighted by Crippen LogP contribution is -2.50. The highest BCUT2D eigenvalue weighted by Crippen LogP contribution is 2.55. The Morgan fingerprint density at radius 3 is 2.75 bits per heavy atom. The molecule has 2 bridgehead atoms. The van der Waals surface area contributed by atoms with Gasteiger partial charge in [0.2, 0.25) is 0 Å². The average Bonchev–Trinajstić information content (AvgIpc) is 3.46. The highest BCUT2D eigenvalue weighted by molar-refractivity contribution is 7.99. The number of ether oxygens (including phenoxy) is 2. The Morgan fingerprint density at radius 1 is 1.18 bits per heavy atom. The number of carbonyl (C=O) groups excluding carboxylic acids is 2. The van der Waals surface area contributed by atoms with Crippen molar-refractivity contribution in [3.8, 4) is 0 Å². The minimum absolute atomic E-state index is 0.242. The molecule has 146 valence electrons. The quantitative estimate of drug-likeness (QED) is 0.307. The molecule has 7 nitrogen and oxygen atoms in total. The zero-order valence-electron chi connectivity index (χ0n) is 15.1. The predicted molar refractivity (Wildman–Crippen MR) is 103 cm³/mol. The first-order valence-electron chi connectivity index (χ1n) is 9.38. The molecule has 5 rings (SSSR count). The first kappa shape index (κ1) is 18.1. The molecule has 0 radical (unpaired) electrons. The van der Waals surface area contributed by atoms with Crippen molar-refractivity contribution in [1.82, 2.24) is 13.6 Å². The molecule has 3 aliphatic heterocycles. The number of fused-ring (bicyclic) bond motifs is 3. The van der Waals surface area contributed by atoms with Gasteiger partial charge in [-0.3, -0.25) is 0 Å². The number of hydrogen-bond donors (Lipinski definition) is 0. The van der Waals surface area contributed by atoms with E-state index in [1.54, 1.807) is 11.8 Å². The maximum absolute atomic E-state index is 11.8. The van der Waals surface area contributed by atoms with Crippen molar-refractivity contribution in [1.29, 1.82) is 0 Å². The third kappa shape index (κ3) is 2.92. The summed E-state index contributed by atoms with van der Waals surface area (Å²) in [5.41, 5.74) is 2.12. The topological polar surface area (TPSA) is 81.6 Å². The fraction of sp³-hybridized carbons (Fsp3) is 0.474. The molecule has 3 aliphatic rings. The van der Waals surface area contributed by atoms with Crippen LogP contribution < -0.4 is 0 Å². The molecule has 9 heteroatoms. The second kappa shape index (κ2) is 7.13. The van der Waals surface area contributed by atoms with Crippen LogP contribution in [0.1, 0.15) is 30.0 Å². The minimum atomic E-state index is -1.33. The smallest absolute Gasteiger partial charge is 0.399 e. The standard InChI is InChI=1S/C19H19N3O4S2/c23-17-18(24)26-19(25-17)14(13-8-9-22(19)11-13)15-16(21-28-20-15)27-10-4-7-12-5-2-1-3-6-12/h1-3,5-6,13-14H,4,7-11H2. The van der Waals surface area contributed by atoms with Gasteiger partial charge >= 0.3 is 17.8 Å². The van der Waals surface area contributed by atoms with E-state index in [-0.39, 0.29) is 11.8 Å². The molecule has 0 N–H and O–H groups in total. The zero-order chi connectivity index (χ0) is 19.1. The van der Waals surface area contributed by atoms with Crippen molar-refractivity contribution in [2.24, 2.45) is 5.92 Å². The number of thioether (sulfide) groups is 1. The largest absolute Gasteiger partial charge is 0.421 e.